The molecule has 0 saturated heterocycles. The predicted molar refractivity (Wildman–Crippen MR) is 85.7 cm³/mol. The SMILES string of the molecule is CCNCC(Cc1ccncc1Cl)c1cccc(Cl)c1. The number of likely N-dealkylation sites (N-methyl/N-ethyl adjacent to an activating group) is 1. The molecule has 106 valence electrons. The summed E-state index contributed by atoms with van der Waals surface area (Å²) in [4.78, 5) is 4.03. The molecule has 0 bridgehead atoms. The topological polar surface area (TPSA) is 24.9 Å². The summed E-state index contributed by atoms with van der Waals surface area (Å²) in [5, 5.41) is 4.89. The van der Waals surface area contributed by atoms with E-state index in [9.17, 15) is 0 Å². The van der Waals surface area contributed by atoms with Gasteiger partial charge < -0.3 is 5.32 Å². The smallest absolute Gasteiger partial charge is 0.0621 e. The maximum atomic E-state index is 6.21. The Hall–Kier alpha value is -1.09. The first kappa shape index (κ1) is 15.3. The van der Waals surface area contributed by atoms with Crippen LogP contribution in [0.3, 0.4) is 0 Å². The zero-order valence-corrected chi connectivity index (χ0v) is 13.0. The van der Waals surface area contributed by atoms with Crippen molar-refractivity contribution in [2.45, 2.75) is 19.3 Å². The minimum atomic E-state index is 0.341. The van der Waals surface area contributed by atoms with Crippen molar-refractivity contribution in [3.8, 4) is 0 Å². The van der Waals surface area contributed by atoms with Gasteiger partial charge in [0.05, 0.1) is 5.02 Å². The standard InChI is InChI=1S/C16H18Cl2N2/c1-2-19-10-14(12-4-3-5-15(17)9-12)8-13-6-7-20-11-16(13)18/h3-7,9,11,14,19H,2,8,10H2,1H3. The Kier molecular flexibility index (Phi) is 5.84. The van der Waals surface area contributed by atoms with Crippen LogP contribution in [0.5, 0.6) is 0 Å². The van der Waals surface area contributed by atoms with E-state index in [1.54, 1.807) is 12.4 Å². The maximum absolute atomic E-state index is 6.21. The number of aromatic nitrogens is 1. The van der Waals surface area contributed by atoms with Gasteiger partial charge in [-0.15, -0.1) is 0 Å². The fourth-order valence-electron chi connectivity index (χ4n) is 2.22. The molecule has 0 amide bonds. The lowest BCUT2D eigenvalue weighted by Gasteiger charge is -2.19. The largest absolute Gasteiger partial charge is 0.316 e. The molecule has 0 fully saturated rings. The highest BCUT2D eigenvalue weighted by Crippen LogP contribution is 2.26. The lowest BCUT2D eigenvalue weighted by molar-refractivity contribution is 0.595. The molecule has 2 nitrogen and oxygen atoms in total. The zero-order valence-electron chi connectivity index (χ0n) is 11.4. The van der Waals surface area contributed by atoms with E-state index in [1.165, 1.54) is 5.56 Å². The van der Waals surface area contributed by atoms with Gasteiger partial charge in [0.15, 0.2) is 0 Å². The number of nitrogens with zero attached hydrogens (tertiary/aromatic N) is 1. The van der Waals surface area contributed by atoms with Crippen LogP contribution >= 0.6 is 23.2 Å². The van der Waals surface area contributed by atoms with E-state index in [4.69, 9.17) is 23.2 Å². The van der Waals surface area contributed by atoms with Crippen LogP contribution in [-0.4, -0.2) is 18.1 Å². The first-order chi connectivity index (χ1) is 9.70. The summed E-state index contributed by atoms with van der Waals surface area (Å²) in [7, 11) is 0. The van der Waals surface area contributed by atoms with Gasteiger partial charge in [0.1, 0.15) is 0 Å². The van der Waals surface area contributed by atoms with Crippen molar-refractivity contribution in [1.29, 1.82) is 0 Å². The monoisotopic (exact) mass is 308 g/mol. The van der Waals surface area contributed by atoms with Gasteiger partial charge in [-0.2, -0.15) is 0 Å². The second-order valence-corrected chi connectivity index (χ2v) is 5.57. The molecule has 0 aliphatic rings. The van der Waals surface area contributed by atoms with E-state index < -0.39 is 0 Å². The van der Waals surface area contributed by atoms with Gasteiger partial charge in [-0.05, 0) is 42.3 Å². The molecule has 1 heterocycles. The highest BCUT2D eigenvalue weighted by Gasteiger charge is 2.14. The van der Waals surface area contributed by atoms with Crippen LogP contribution in [0, 0.1) is 0 Å². The van der Waals surface area contributed by atoms with Crippen LogP contribution in [0.4, 0.5) is 0 Å². The number of hydrogen-bond acceptors (Lipinski definition) is 2. The van der Waals surface area contributed by atoms with Crippen molar-refractivity contribution < 1.29 is 0 Å². The van der Waals surface area contributed by atoms with Crippen molar-refractivity contribution in [2.24, 2.45) is 0 Å². The highest BCUT2D eigenvalue weighted by molar-refractivity contribution is 6.31. The molecule has 1 unspecified atom stereocenters. The van der Waals surface area contributed by atoms with Gasteiger partial charge in [0.2, 0.25) is 0 Å². The Morgan fingerprint density at radius 3 is 2.80 bits per heavy atom. The summed E-state index contributed by atoms with van der Waals surface area (Å²) < 4.78 is 0. The van der Waals surface area contributed by atoms with Crippen molar-refractivity contribution in [2.75, 3.05) is 13.1 Å². The predicted octanol–water partition coefficient (Wildman–Crippen LogP) is 4.32. The molecular weight excluding hydrogens is 291 g/mol. The molecule has 0 spiro atoms. The fourth-order valence-corrected chi connectivity index (χ4v) is 2.62. The first-order valence-electron chi connectivity index (χ1n) is 6.75. The minimum absolute atomic E-state index is 0.341. The Labute approximate surface area is 130 Å². The molecule has 2 rings (SSSR count). The number of halogens is 2. The van der Waals surface area contributed by atoms with Gasteiger partial charge in [-0.1, -0.05) is 42.3 Å². The van der Waals surface area contributed by atoms with E-state index >= 15 is 0 Å². The third kappa shape index (κ3) is 4.20. The molecule has 1 aromatic heterocycles. The van der Waals surface area contributed by atoms with Gasteiger partial charge in [-0.3, -0.25) is 4.98 Å². The quantitative estimate of drug-likeness (QED) is 0.859. The van der Waals surface area contributed by atoms with Gasteiger partial charge in [0, 0.05) is 29.9 Å². The van der Waals surface area contributed by atoms with Crippen molar-refractivity contribution in [1.82, 2.24) is 10.3 Å². The number of hydrogen-bond donors (Lipinski definition) is 1. The van der Waals surface area contributed by atoms with Crippen LogP contribution in [0.1, 0.15) is 24.0 Å². The molecule has 1 N–H and O–H groups in total. The average Bonchev–Trinajstić information content (AvgIpc) is 2.45. The lowest BCUT2D eigenvalue weighted by atomic mass is 9.92. The van der Waals surface area contributed by atoms with E-state index in [1.807, 2.05) is 24.3 Å². The van der Waals surface area contributed by atoms with Gasteiger partial charge >= 0.3 is 0 Å². The first-order valence-corrected chi connectivity index (χ1v) is 7.51. The van der Waals surface area contributed by atoms with E-state index in [0.29, 0.717) is 5.92 Å². The number of nitrogens with one attached hydrogen (secondary N) is 1. The zero-order chi connectivity index (χ0) is 14.4. The Balaban J connectivity index is 2.21. The molecule has 4 heteroatoms. The second-order valence-electron chi connectivity index (χ2n) is 4.73. The van der Waals surface area contributed by atoms with Crippen LogP contribution in [0.2, 0.25) is 10.0 Å². The minimum Gasteiger partial charge on any atom is -0.316 e. The number of pyridine rings is 1. The summed E-state index contributed by atoms with van der Waals surface area (Å²) in [5.41, 5.74) is 2.34. The normalized spacial score (nSPS) is 12.3. The highest BCUT2D eigenvalue weighted by atomic mass is 35.5. The van der Waals surface area contributed by atoms with Gasteiger partial charge in [-0.25, -0.2) is 0 Å². The molecule has 0 saturated carbocycles. The molecule has 1 aromatic carbocycles. The number of rotatable bonds is 6. The summed E-state index contributed by atoms with van der Waals surface area (Å²) in [5.74, 6) is 0.341. The van der Waals surface area contributed by atoms with Gasteiger partial charge in [0.25, 0.3) is 0 Å². The average molecular weight is 309 g/mol. The molecule has 0 radical (unpaired) electrons. The lowest BCUT2D eigenvalue weighted by Crippen LogP contribution is -2.22. The fraction of sp³-hybridized carbons (Fsp3) is 0.312. The van der Waals surface area contributed by atoms with Crippen LogP contribution < -0.4 is 5.32 Å². The van der Waals surface area contributed by atoms with E-state index in [2.05, 4.69) is 23.3 Å². The van der Waals surface area contributed by atoms with Crippen molar-refractivity contribution in [3.63, 3.8) is 0 Å². The summed E-state index contributed by atoms with van der Waals surface area (Å²) in [6.45, 7) is 3.95. The van der Waals surface area contributed by atoms with Crippen molar-refractivity contribution >= 4 is 23.2 Å². The molecule has 1 atom stereocenters. The Bertz CT molecular complexity index is 558. The number of benzene rings is 1. The van der Waals surface area contributed by atoms with E-state index in [0.717, 1.165) is 35.1 Å². The van der Waals surface area contributed by atoms with Crippen LogP contribution in [0.15, 0.2) is 42.7 Å². The molecule has 2 aromatic rings. The Morgan fingerprint density at radius 1 is 1.25 bits per heavy atom. The van der Waals surface area contributed by atoms with Crippen LogP contribution in [0.25, 0.3) is 0 Å². The summed E-state index contributed by atoms with van der Waals surface area (Å²) >= 11 is 12.3. The maximum Gasteiger partial charge on any atom is 0.0621 e. The molecule has 20 heavy (non-hydrogen) atoms. The third-order valence-corrected chi connectivity index (χ3v) is 3.86. The Morgan fingerprint density at radius 2 is 2.10 bits per heavy atom. The summed E-state index contributed by atoms with van der Waals surface area (Å²) in [6, 6.07) is 10.0. The second kappa shape index (κ2) is 7.63. The molecular formula is C16H18Cl2N2. The molecule has 0 aliphatic heterocycles. The van der Waals surface area contributed by atoms with Crippen LogP contribution in [-0.2, 0) is 6.42 Å². The van der Waals surface area contributed by atoms with Crippen molar-refractivity contribution in [3.05, 3.63) is 63.9 Å². The van der Waals surface area contributed by atoms with E-state index in [-0.39, 0.29) is 0 Å². The molecule has 0 aliphatic carbocycles. The third-order valence-electron chi connectivity index (χ3n) is 3.28. The summed E-state index contributed by atoms with van der Waals surface area (Å²) in [6.07, 6.45) is 4.34.